The van der Waals surface area contributed by atoms with Gasteiger partial charge in [-0.2, -0.15) is 5.10 Å². The lowest BCUT2D eigenvalue weighted by Crippen LogP contribution is -1.92. The molecule has 2 aromatic carbocycles. The van der Waals surface area contributed by atoms with Crippen molar-refractivity contribution < 1.29 is 4.79 Å². The molecule has 1 aromatic heterocycles. The number of carbonyl (C=O) groups excluding carboxylic acids is 1. The lowest BCUT2D eigenvalue weighted by Gasteiger charge is -2.10. The molecule has 3 aromatic rings. The molecule has 4 heteroatoms. The van der Waals surface area contributed by atoms with E-state index in [0.717, 1.165) is 22.2 Å². The molecule has 138 valence electrons. The Bertz CT molecular complexity index is 852. The molecule has 3 nitrogen and oxygen atoms in total. The summed E-state index contributed by atoms with van der Waals surface area (Å²) < 4.78 is 1.17. The van der Waals surface area contributed by atoms with E-state index in [4.69, 9.17) is 0 Å². The molecule has 0 bridgehead atoms. The second-order valence-corrected chi connectivity index (χ2v) is 7.65. The van der Waals surface area contributed by atoms with Crippen LogP contribution in [0.3, 0.4) is 0 Å². The second kappa shape index (κ2) is 9.67. The van der Waals surface area contributed by atoms with Crippen LogP contribution < -0.4 is 0 Å². The van der Waals surface area contributed by atoms with Crippen molar-refractivity contribution in [3.05, 3.63) is 63.8 Å². The van der Waals surface area contributed by atoms with E-state index >= 15 is 0 Å². The van der Waals surface area contributed by atoms with Gasteiger partial charge in [0.25, 0.3) is 0 Å². The molecule has 0 saturated carbocycles. The van der Waals surface area contributed by atoms with Crippen LogP contribution in [-0.4, -0.2) is 16.0 Å². The smallest absolute Gasteiger partial charge is 0.159 e. The largest absolute Gasteiger partial charge is 0.295 e. The maximum absolute atomic E-state index is 11.1. The van der Waals surface area contributed by atoms with Crippen LogP contribution in [0.2, 0.25) is 0 Å². The number of carbonyl (C=O) groups is 1. The number of fused-ring (bicyclic) bond motifs is 1. The van der Waals surface area contributed by atoms with Gasteiger partial charge in [-0.25, -0.2) is 0 Å². The highest BCUT2D eigenvalue weighted by atomic mass is 79.9. The monoisotopic (exact) mass is 414 g/mol. The molecule has 0 fully saturated rings. The van der Waals surface area contributed by atoms with Crippen molar-refractivity contribution in [3.8, 4) is 0 Å². The predicted octanol–water partition coefficient (Wildman–Crippen LogP) is 6.82. The van der Waals surface area contributed by atoms with Crippen LogP contribution in [-0.2, 0) is 0 Å². The number of H-pyrrole nitrogens is 1. The lowest BCUT2D eigenvalue weighted by atomic mass is 9.96. The Hall–Kier alpha value is -1.94. The van der Waals surface area contributed by atoms with Gasteiger partial charge in [0.15, 0.2) is 5.78 Å². The highest BCUT2D eigenvalue weighted by Gasteiger charge is 2.05. The van der Waals surface area contributed by atoms with Crippen molar-refractivity contribution in [2.75, 3.05) is 0 Å². The minimum absolute atomic E-state index is 0.0856. The van der Waals surface area contributed by atoms with Gasteiger partial charge in [0.2, 0.25) is 0 Å². The SMILES string of the molecule is CC(=O)c1ccc2n[nH]c(C)c2c1.CCCCC(C)c1ccc(Br)cc1. The fourth-order valence-corrected chi connectivity index (χ4v) is 3.09. The first-order chi connectivity index (χ1) is 12.4. The predicted molar refractivity (Wildman–Crippen MR) is 113 cm³/mol. The maximum Gasteiger partial charge on any atom is 0.159 e. The summed E-state index contributed by atoms with van der Waals surface area (Å²) in [6, 6.07) is 14.2. The molecule has 0 radical (unpaired) electrons. The van der Waals surface area contributed by atoms with E-state index in [-0.39, 0.29) is 5.78 Å². The molecule has 1 atom stereocenters. The van der Waals surface area contributed by atoms with Crippen LogP contribution in [0, 0.1) is 6.92 Å². The zero-order valence-corrected chi connectivity index (χ0v) is 17.6. The summed E-state index contributed by atoms with van der Waals surface area (Å²) in [4.78, 5) is 11.1. The van der Waals surface area contributed by atoms with Gasteiger partial charge in [-0.1, -0.05) is 54.8 Å². The molecular formula is C22H27BrN2O. The van der Waals surface area contributed by atoms with E-state index in [9.17, 15) is 4.79 Å². The van der Waals surface area contributed by atoms with Crippen LogP contribution >= 0.6 is 15.9 Å². The van der Waals surface area contributed by atoms with Crippen LogP contribution in [0.25, 0.3) is 10.9 Å². The summed E-state index contributed by atoms with van der Waals surface area (Å²) in [7, 11) is 0. The van der Waals surface area contributed by atoms with Crippen LogP contribution in [0.5, 0.6) is 0 Å². The van der Waals surface area contributed by atoms with E-state index in [1.54, 1.807) is 13.0 Å². The van der Waals surface area contributed by atoms with Crippen molar-refractivity contribution in [1.82, 2.24) is 10.2 Å². The van der Waals surface area contributed by atoms with Crippen LogP contribution in [0.15, 0.2) is 46.9 Å². The lowest BCUT2D eigenvalue weighted by molar-refractivity contribution is 0.101. The summed E-state index contributed by atoms with van der Waals surface area (Å²) in [6.45, 7) is 8.06. The topological polar surface area (TPSA) is 45.8 Å². The van der Waals surface area contributed by atoms with Crippen molar-refractivity contribution in [3.63, 3.8) is 0 Å². The van der Waals surface area contributed by atoms with Gasteiger partial charge in [-0.3, -0.25) is 9.89 Å². The van der Waals surface area contributed by atoms with E-state index in [1.165, 1.54) is 29.3 Å². The number of unbranched alkanes of at least 4 members (excludes halogenated alkanes) is 1. The zero-order chi connectivity index (χ0) is 19.1. The number of hydrogen-bond donors (Lipinski definition) is 1. The van der Waals surface area contributed by atoms with E-state index in [0.29, 0.717) is 5.92 Å². The highest BCUT2D eigenvalue weighted by molar-refractivity contribution is 9.10. The Morgan fingerprint density at radius 1 is 1.19 bits per heavy atom. The van der Waals surface area contributed by atoms with Crippen molar-refractivity contribution in [1.29, 1.82) is 0 Å². The van der Waals surface area contributed by atoms with E-state index in [1.807, 2.05) is 19.1 Å². The molecule has 0 aliphatic carbocycles. The molecule has 1 N–H and O–H groups in total. The Labute approximate surface area is 164 Å². The molecule has 0 aliphatic heterocycles. The minimum atomic E-state index is 0.0856. The van der Waals surface area contributed by atoms with Crippen molar-refractivity contribution >= 4 is 32.6 Å². The quantitative estimate of drug-likeness (QED) is 0.465. The minimum Gasteiger partial charge on any atom is -0.295 e. The summed E-state index contributed by atoms with van der Waals surface area (Å²) in [5, 5.41) is 7.98. The van der Waals surface area contributed by atoms with Crippen LogP contribution in [0.4, 0.5) is 0 Å². The Morgan fingerprint density at radius 3 is 2.50 bits per heavy atom. The van der Waals surface area contributed by atoms with E-state index < -0.39 is 0 Å². The number of aromatic amines is 1. The summed E-state index contributed by atoms with van der Waals surface area (Å²) in [5.74, 6) is 0.788. The normalized spacial score (nSPS) is 11.7. The Balaban J connectivity index is 0.000000187. The van der Waals surface area contributed by atoms with Gasteiger partial charge < -0.3 is 0 Å². The van der Waals surface area contributed by atoms with Gasteiger partial charge in [-0.15, -0.1) is 0 Å². The molecule has 1 heterocycles. The summed E-state index contributed by atoms with van der Waals surface area (Å²) in [5.41, 5.74) is 4.09. The molecule has 26 heavy (non-hydrogen) atoms. The first kappa shape index (κ1) is 20.4. The number of rotatable bonds is 5. The average molecular weight is 415 g/mol. The molecule has 1 unspecified atom stereocenters. The van der Waals surface area contributed by atoms with Gasteiger partial charge in [0, 0.05) is 21.1 Å². The number of nitrogens with zero attached hydrogens (tertiary/aromatic N) is 1. The van der Waals surface area contributed by atoms with E-state index in [2.05, 4.69) is 64.2 Å². The standard InChI is InChI=1S/C12H17Br.C10H10N2O/c1-3-4-5-10(2)11-6-8-12(13)9-7-11;1-6-9-5-8(7(2)13)3-4-10(9)12-11-6/h6-10H,3-5H2,1-2H3;3-5H,1-2H3,(H,11,12). The van der Waals surface area contributed by atoms with Gasteiger partial charge >= 0.3 is 0 Å². The fraction of sp³-hybridized carbons (Fsp3) is 0.364. The number of aryl methyl sites for hydroxylation is 1. The van der Waals surface area contributed by atoms with Crippen molar-refractivity contribution in [2.24, 2.45) is 0 Å². The number of Topliss-reactive ketones (excluding diaryl/α,β-unsaturated/α-hetero) is 1. The number of nitrogens with one attached hydrogen (secondary N) is 1. The maximum atomic E-state index is 11.1. The number of benzene rings is 2. The molecular weight excluding hydrogens is 388 g/mol. The molecule has 0 spiro atoms. The van der Waals surface area contributed by atoms with Gasteiger partial charge in [0.1, 0.15) is 0 Å². The summed E-state index contributed by atoms with van der Waals surface area (Å²) in [6.07, 6.45) is 3.93. The third-order valence-electron chi connectivity index (χ3n) is 4.58. The second-order valence-electron chi connectivity index (χ2n) is 6.73. The number of hydrogen-bond acceptors (Lipinski definition) is 2. The van der Waals surface area contributed by atoms with Gasteiger partial charge in [0.05, 0.1) is 5.52 Å². The number of aromatic nitrogens is 2. The molecule has 3 rings (SSSR count). The number of halogens is 1. The van der Waals surface area contributed by atoms with Crippen molar-refractivity contribution in [2.45, 2.75) is 52.9 Å². The fourth-order valence-electron chi connectivity index (χ4n) is 2.83. The zero-order valence-electron chi connectivity index (χ0n) is 16.0. The first-order valence-electron chi connectivity index (χ1n) is 9.13. The van der Waals surface area contributed by atoms with Crippen LogP contribution in [0.1, 0.15) is 67.6 Å². The average Bonchev–Trinajstić information content (AvgIpc) is 3.01. The Kier molecular flexibility index (Phi) is 7.58. The third kappa shape index (κ3) is 5.53. The summed E-state index contributed by atoms with van der Waals surface area (Å²) >= 11 is 3.45. The first-order valence-corrected chi connectivity index (χ1v) is 9.92. The highest BCUT2D eigenvalue weighted by Crippen LogP contribution is 2.22. The molecule has 0 aliphatic rings. The molecule has 0 saturated heterocycles. The Morgan fingerprint density at radius 2 is 1.88 bits per heavy atom. The molecule has 0 amide bonds. The third-order valence-corrected chi connectivity index (χ3v) is 5.11. The van der Waals surface area contributed by atoms with Gasteiger partial charge in [-0.05, 0) is 62.1 Å². The number of ketones is 1.